The Morgan fingerprint density at radius 2 is 1.90 bits per heavy atom. The first-order chi connectivity index (χ1) is 13.8. The zero-order valence-electron chi connectivity index (χ0n) is 15.1. The summed E-state index contributed by atoms with van der Waals surface area (Å²) in [6, 6.07) is 10.6. The predicted molar refractivity (Wildman–Crippen MR) is 99.7 cm³/mol. The molecule has 3 aromatic rings. The normalized spacial score (nSPS) is 11.4. The number of alkyl halides is 3. The van der Waals surface area contributed by atoms with Crippen molar-refractivity contribution in [2.24, 2.45) is 0 Å². The molecule has 0 unspecified atom stereocenters. The first kappa shape index (κ1) is 20.2. The number of nitrogens with zero attached hydrogens (tertiary/aromatic N) is 1. The average molecular weight is 406 g/mol. The lowest BCUT2D eigenvalue weighted by atomic mass is 10.1. The van der Waals surface area contributed by atoms with Gasteiger partial charge in [-0.2, -0.15) is 0 Å². The molecule has 0 aliphatic rings. The van der Waals surface area contributed by atoms with Crippen LogP contribution in [0.15, 0.2) is 48.7 Å². The summed E-state index contributed by atoms with van der Waals surface area (Å²) in [5.41, 5.74) is 2.72. The van der Waals surface area contributed by atoms with Gasteiger partial charge in [-0.25, -0.2) is 4.79 Å². The van der Waals surface area contributed by atoms with E-state index in [9.17, 15) is 22.8 Å². The van der Waals surface area contributed by atoms with Gasteiger partial charge in [-0.3, -0.25) is 4.79 Å². The fraction of sp³-hybridized carbons (Fsp3) is 0.200. The molecule has 2 aromatic carbocycles. The van der Waals surface area contributed by atoms with Gasteiger partial charge in [0.25, 0.3) is 0 Å². The summed E-state index contributed by atoms with van der Waals surface area (Å²) in [7, 11) is 0. The third-order valence-corrected chi connectivity index (χ3v) is 4.30. The molecule has 0 spiro atoms. The molecule has 3 rings (SSSR count). The van der Waals surface area contributed by atoms with E-state index in [4.69, 9.17) is 5.11 Å². The quantitative estimate of drug-likeness (QED) is 0.446. The lowest BCUT2D eigenvalue weighted by Gasteiger charge is -2.10. The number of benzene rings is 2. The highest BCUT2D eigenvalue weighted by Gasteiger charge is 2.31. The van der Waals surface area contributed by atoms with Crippen molar-refractivity contribution in [3.8, 4) is 11.4 Å². The second kappa shape index (κ2) is 8.26. The number of nitrogens with one attached hydrogen (secondary N) is 1. The van der Waals surface area contributed by atoms with Crippen LogP contribution < -0.4 is 10.1 Å². The molecule has 9 heteroatoms. The number of amides is 1. The Balaban J connectivity index is 1.93. The van der Waals surface area contributed by atoms with Gasteiger partial charge in [0.1, 0.15) is 12.0 Å². The molecule has 0 fully saturated rings. The van der Waals surface area contributed by atoms with Gasteiger partial charge in [-0.15, -0.1) is 13.2 Å². The van der Waals surface area contributed by atoms with Crippen LogP contribution in [0.5, 0.6) is 5.75 Å². The highest BCUT2D eigenvalue weighted by Crippen LogP contribution is 2.29. The van der Waals surface area contributed by atoms with Crippen LogP contribution in [0.1, 0.15) is 22.3 Å². The van der Waals surface area contributed by atoms with Crippen LogP contribution in [0.25, 0.3) is 16.6 Å². The molecular weight excluding hydrogens is 389 g/mol. The molecule has 1 amide bonds. The summed E-state index contributed by atoms with van der Waals surface area (Å²) < 4.78 is 42.7. The van der Waals surface area contributed by atoms with Crippen molar-refractivity contribution in [2.75, 3.05) is 6.54 Å². The van der Waals surface area contributed by atoms with Crippen LogP contribution in [0.4, 0.5) is 18.0 Å². The first-order valence-electron chi connectivity index (χ1n) is 8.69. The highest BCUT2D eigenvalue weighted by atomic mass is 19.4. The number of hydrogen-bond acceptors (Lipinski definition) is 3. The number of carbonyl (C=O) groups excluding carboxylic acids is 1. The second-order valence-electron chi connectivity index (χ2n) is 6.30. The molecule has 152 valence electrons. The molecule has 0 atom stereocenters. The van der Waals surface area contributed by atoms with Crippen LogP contribution in [-0.4, -0.2) is 35.0 Å². The van der Waals surface area contributed by atoms with Gasteiger partial charge in [0.2, 0.25) is 0 Å². The number of rotatable bonds is 7. The molecule has 2 N–H and O–H groups in total. The number of halogens is 3. The zero-order chi connectivity index (χ0) is 21.0. The maximum Gasteiger partial charge on any atom is 0.573 e. The number of aromatic nitrogens is 1. The number of fused-ring (bicyclic) bond motifs is 1. The minimum atomic E-state index is -4.77. The average Bonchev–Trinajstić information content (AvgIpc) is 3.02. The molecule has 6 nitrogen and oxygen atoms in total. The number of aryl methyl sites for hydroxylation is 1. The van der Waals surface area contributed by atoms with Crippen molar-refractivity contribution in [3.05, 3.63) is 59.8 Å². The molecule has 0 saturated heterocycles. The maximum absolute atomic E-state index is 12.4. The molecule has 0 bridgehead atoms. The van der Waals surface area contributed by atoms with E-state index >= 15 is 0 Å². The fourth-order valence-electron chi connectivity index (χ4n) is 3.08. The highest BCUT2D eigenvalue weighted by molar-refractivity contribution is 5.90. The number of hydrogen-bond donors (Lipinski definition) is 2. The van der Waals surface area contributed by atoms with E-state index in [2.05, 4.69) is 10.1 Å². The third-order valence-electron chi connectivity index (χ3n) is 4.30. The summed E-state index contributed by atoms with van der Waals surface area (Å²) in [6.45, 7) is 0.290. The van der Waals surface area contributed by atoms with E-state index in [0.717, 1.165) is 16.5 Å². The number of carboxylic acid groups (broad SMARTS) is 1. The van der Waals surface area contributed by atoms with Crippen molar-refractivity contribution >= 4 is 23.3 Å². The van der Waals surface area contributed by atoms with Gasteiger partial charge in [0.05, 0.1) is 5.52 Å². The minimum absolute atomic E-state index is 0.290. The molecule has 0 saturated carbocycles. The largest absolute Gasteiger partial charge is 0.573 e. The Morgan fingerprint density at radius 3 is 2.52 bits per heavy atom. The Bertz CT molecular complexity index is 1030. The second-order valence-corrected chi connectivity index (χ2v) is 6.30. The standard InChI is InChI=1S/C20H17F3N2O4/c21-20(22,23)29-16-6-4-15(5-7-16)25-11-14(2-1-9-24-19(27)28)17-8-3-13(12-26)10-18(17)25/h3-8,10-12,24H,1-2,9H2,(H,27,28). The lowest BCUT2D eigenvalue weighted by molar-refractivity contribution is -0.274. The molecule has 29 heavy (non-hydrogen) atoms. The van der Waals surface area contributed by atoms with E-state index in [1.165, 1.54) is 24.3 Å². The van der Waals surface area contributed by atoms with E-state index in [-0.39, 0.29) is 12.3 Å². The van der Waals surface area contributed by atoms with E-state index in [1.807, 2.05) is 6.20 Å². The number of carbonyl (C=O) groups is 2. The number of ether oxygens (including phenoxy) is 1. The first-order valence-corrected chi connectivity index (χ1v) is 8.69. The predicted octanol–water partition coefficient (Wildman–Crippen LogP) is 4.54. The van der Waals surface area contributed by atoms with Gasteiger partial charge in [-0.05, 0) is 48.7 Å². The van der Waals surface area contributed by atoms with Gasteiger partial charge in [0, 0.05) is 29.4 Å². The van der Waals surface area contributed by atoms with Gasteiger partial charge in [0.15, 0.2) is 0 Å². The van der Waals surface area contributed by atoms with Crippen LogP contribution in [0, 0.1) is 0 Å². The van der Waals surface area contributed by atoms with Gasteiger partial charge >= 0.3 is 12.5 Å². The zero-order valence-corrected chi connectivity index (χ0v) is 15.1. The monoisotopic (exact) mass is 406 g/mol. The number of aldehydes is 1. The van der Waals surface area contributed by atoms with Crippen molar-refractivity contribution in [3.63, 3.8) is 0 Å². The van der Waals surface area contributed by atoms with Crippen LogP contribution in [-0.2, 0) is 6.42 Å². The van der Waals surface area contributed by atoms with Crippen LogP contribution >= 0.6 is 0 Å². The molecular formula is C20H17F3N2O4. The van der Waals surface area contributed by atoms with Crippen molar-refractivity contribution in [1.29, 1.82) is 0 Å². The van der Waals surface area contributed by atoms with E-state index in [1.54, 1.807) is 22.8 Å². The van der Waals surface area contributed by atoms with Crippen molar-refractivity contribution < 1.29 is 32.6 Å². The summed E-state index contributed by atoms with van der Waals surface area (Å²) in [5, 5.41) is 11.8. The third kappa shape index (κ3) is 5.07. The van der Waals surface area contributed by atoms with Crippen LogP contribution in [0.3, 0.4) is 0 Å². The topological polar surface area (TPSA) is 80.6 Å². The Hall–Kier alpha value is -3.49. The molecule has 0 radical (unpaired) electrons. The summed E-state index contributed by atoms with van der Waals surface area (Å²) in [4.78, 5) is 21.7. The van der Waals surface area contributed by atoms with Crippen molar-refractivity contribution in [1.82, 2.24) is 9.88 Å². The Morgan fingerprint density at radius 1 is 1.17 bits per heavy atom. The molecule has 1 heterocycles. The molecule has 0 aliphatic carbocycles. The van der Waals surface area contributed by atoms with E-state index < -0.39 is 12.5 Å². The fourth-order valence-corrected chi connectivity index (χ4v) is 3.08. The minimum Gasteiger partial charge on any atom is -0.465 e. The Labute approximate surface area is 163 Å². The summed E-state index contributed by atoms with van der Waals surface area (Å²) >= 11 is 0. The van der Waals surface area contributed by atoms with Gasteiger partial charge < -0.3 is 19.7 Å². The Kier molecular flexibility index (Phi) is 5.76. The summed E-state index contributed by atoms with van der Waals surface area (Å²) in [5.74, 6) is -0.328. The summed E-state index contributed by atoms with van der Waals surface area (Å²) in [6.07, 6.45) is -2.16. The SMILES string of the molecule is O=Cc1ccc2c(CCCNC(=O)O)cn(-c3ccc(OC(F)(F)F)cc3)c2c1. The van der Waals surface area contributed by atoms with Crippen molar-refractivity contribution in [2.45, 2.75) is 19.2 Å². The lowest BCUT2D eigenvalue weighted by Crippen LogP contribution is -2.22. The molecule has 0 aliphatic heterocycles. The van der Waals surface area contributed by atoms with Gasteiger partial charge in [-0.1, -0.05) is 12.1 Å². The van der Waals surface area contributed by atoms with Crippen LogP contribution in [0.2, 0.25) is 0 Å². The maximum atomic E-state index is 12.4. The van der Waals surface area contributed by atoms with E-state index in [0.29, 0.717) is 30.4 Å². The molecule has 1 aromatic heterocycles. The smallest absolute Gasteiger partial charge is 0.465 e.